The maximum Gasteiger partial charge on any atom is 0.388 e. The smallest absolute Gasteiger partial charge is 0.388 e. The van der Waals surface area contributed by atoms with E-state index >= 15 is 0 Å². The first-order valence-electron chi connectivity index (χ1n) is 11.9. The summed E-state index contributed by atoms with van der Waals surface area (Å²) in [6, 6.07) is 23.3. The summed E-state index contributed by atoms with van der Waals surface area (Å²) >= 11 is 8.88. The Morgan fingerprint density at radius 3 is 1.36 bits per heavy atom. The standard InChI is InChI=1S/C24H42O3S2Si4/c1-30(2,21-13-19-28)25-32(5,6)27-33(23-15-9-7-10-16-23,24-17-11-8-12-18-24)26-31(3,4)22-14-20-29/h7-12,15-18,28-29H,13-14,19-22H2,1-6H3. The molecule has 3 nitrogen and oxygen atoms in total. The van der Waals surface area contributed by atoms with Gasteiger partial charge in [-0.1, -0.05) is 60.7 Å². The lowest BCUT2D eigenvalue weighted by Crippen LogP contribution is -2.71. The van der Waals surface area contributed by atoms with E-state index in [1.807, 2.05) is 0 Å². The van der Waals surface area contributed by atoms with Crippen molar-refractivity contribution in [2.24, 2.45) is 0 Å². The third kappa shape index (κ3) is 9.12. The molecule has 0 aliphatic heterocycles. The van der Waals surface area contributed by atoms with E-state index in [-0.39, 0.29) is 0 Å². The molecule has 0 saturated carbocycles. The molecule has 0 atom stereocenters. The van der Waals surface area contributed by atoms with Gasteiger partial charge in [-0.05, 0) is 86.1 Å². The minimum Gasteiger partial charge on any atom is -0.436 e. The first kappa shape index (κ1) is 29.1. The van der Waals surface area contributed by atoms with E-state index in [1.54, 1.807) is 0 Å². The maximum atomic E-state index is 7.31. The third-order valence-electron chi connectivity index (χ3n) is 5.51. The molecule has 9 heteroatoms. The number of benzene rings is 2. The quantitative estimate of drug-likeness (QED) is 0.220. The number of hydrogen-bond acceptors (Lipinski definition) is 5. The zero-order chi connectivity index (χ0) is 24.6. The van der Waals surface area contributed by atoms with Crippen LogP contribution in [0.5, 0.6) is 0 Å². The molecule has 2 aromatic carbocycles. The Hall–Kier alpha value is -0.112. The average Bonchev–Trinajstić information content (AvgIpc) is 2.76. The maximum absolute atomic E-state index is 7.31. The second-order valence-corrected chi connectivity index (χ2v) is 26.8. The minimum atomic E-state index is -3.02. The summed E-state index contributed by atoms with van der Waals surface area (Å²) < 4.78 is 21.5. The molecule has 0 unspecified atom stereocenters. The van der Waals surface area contributed by atoms with Gasteiger partial charge in [-0.3, -0.25) is 0 Å². The van der Waals surface area contributed by atoms with Crippen LogP contribution in [0.1, 0.15) is 12.8 Å². The van der Waals surface area contributed by atoms with Gasteiger partial charge in [0.05, 0.1) is 0 Å². The van der Waals surface area contributed by atoms with Crippen LogP contribution in [0.25, 0.3) is 0 Å². The van der Waals surface area contributed by atoms with E-state index in [0.717, 1.165) is 46.8 Å². The van der Waals surface area contributed by atoms with Crippen molar-refractivity contribution >= 4 is 69.4 Å². The molecule has 0 aliphatic rings. The first-order valence-corrected chi connectivity index (χ1v) is 24.0. The van der Waals surface area contributed by atoms with Crippen LogP contribution in [0.4, 0.5) is 0 Å². The second-order valence-electron chi connectivity index (χ2n) is 10.2. The van der Waals surface area contributed by atoms with Crippen molar-refractivity contribution in [2.75, 3.05) is 11.5 Å². The molecule has 0 saturated heterocycles. The lowest BCUT2D eigenvalue weighted by atomic mass is 10.4. The predicted octanol–water partition coefficient (Wildman–Crippen LogP) is 6.04. The molecule has 0 spiro atoms. The van der Waals surface area contributed by atoms with Crippen LogP contribution in [0.2, 0.25) is 51.4 Å². The molecule has 0 N–H and O–H groups in total. The van der Waals surface area contributed by atoms with Gasteiger partial charge >= 0.3 is 17.1 Å². The largest absolute Gasteiger partial charge is 0.436 e. The van der Waals surface area contributed by atoms with Crippen LogP contribution in [0.15, 0.2) is 60.7 Å². The van der Waals surface area contributed by atoms with E-state index in [9.17, 15) is 0 Å². The van der Waals surface area contributed by atoms with Crippen LogP contribution in [-0.4, -0.2) is 45.3 Å². The number of hydrogen-bond donors (Lipinski definition) is 2. The van der Waals surface area contributed by atoms with Gasteiger partial charge in [0.1, 0.15) is 0 Å². The highest BCUT2D eigenvalue weighted by Crippen LogP contribution is 2.28. The Morgan fingerprint density at radius 2 is 0.970 bits per heavy atom. The van der Waals surface area contributed by atoms with Gasteiger partial charge in [-0.25, -0.2) is 0 Å². The third-order valence-corrected chi connectivity index (χ3v) is 22.1. The van der Waals surface area contributed by atoms with Crippen LogP contribution in [-0.2, 0) is 12.3 Å². The summed E-state index contributed by atoms with van der Waals surface area (Å²) in [7, 11) is -9.49. The summed E-state index contributed by atoms with van der Waals surface area (Å²) in [5.41, 5.74) is 0. The van der Waals surface area contributed by atoms with E-state index in [2.05, 4.69) is 125 Å². The summed E-state index contributed by atoms with van der Waals surface area (Å²) in [6.45, 7) is 13.6. The van der Waals surface area contributed by atoms with Gasteiger partial charge in [0, 0.05) is 0 Å². The Labute approximate surface area is 217 Å². The summed E-state index contributed by atoms with van der Waals surface area (Å²) in [5.74, 6) is 1.77. The van der Waals surface area contributed by atoms with Gasteiger partial charge < -0.3 is 12.3 Å². The zero-order valence-electron chi connectivity index (χ0n) is 21.1. The van der Waals surface area contributed by atoms with Crippen LogP contribution < -0.4 is 10.4 Å². The molecule has 2 rings (SSSR count). The molecule has 0 radical (unpaired) electrons. The molecule has 184 valence electrons. The highest BCUT2D eigenvalue weighted by atomic mass is 32.1. The van der Waals surface area contributed by atoms with Crippen molar-refractivity contribution in [1.29, 1.82) is 0 Å². The van der Waals surface area contributed by atoms with Crippen LogP contribution in [0.3, 0.4) is 0 Å². The normalized spacial score (nSPS) is 13.3. The molecule has 0 amide bonds. The fraction of sp³-hybridized carbons (Fsp3) is 0.500. The zero-order valence-corrected chi connectivity index (χ0v) is 26.9. The van der Waals surface area contributed by atoms with E-state index < -0.39 is 33.8 Å². The van der Waals surface area contributed by atoms with Gasteiger partial charge in [-0.15, -0.1) is 0 Å². The average molecular weight is 555 g/mol. The molecule has 0 bridgehead atoms. The monoisotopic (exact) mass is 554 g/mol. The number of rotatable bonds is 14. The summed E-state index contributed by atoms with van der Waals surface area (Å²) in [5, 5.41) is 2.31. The van der Waals surface area contributed by atoms with Crippen molar-refractivity contribution in [3.05, 3.63) is 60.7 Å². The summed E-state index contributed by atoms with van der Waals surface area (Å²) in [6.07, 6.45) is 2.13. The predicted molar refractivity (Wildman–Crippen MR) is 160 cm³/mol. The SMILES string of the molecule is C[Si](C)(CCCS)O[Si](C)(C)O[Si](O[Si](C)(C)CCCS)(c1ccccc1)c1ccccc1. The van der Waals surface area contributed by atoms with Gasteiger partial charge in [0.25, 0.3) is 0 Å². The van der Waals surface area contributed by atoms with E-state index in [4.69, 9.17) is 12.3 Å². The Bertz CT molecular complexity index is 797. The van der Waals surface area contributed by atoms with Gasteiger partial charge in [-0.2, -0.15) is 25.3 Å². The molecule has 0 aromatic heterocycles. The Balaban J connectivity index is 2.57. The topological polar surface area (TPSA) is 27.7 Å². The fourth-order valence-electron chi connectivity index (χ4n) is 4.27. The summed E-state index contributed by atoms with van der Waals surface area (Å²) in [4.78, 5) is 0. The Morgan fingerprint density at radius 1 is 0.576 bits per heavy atom. The second kappa shape index (κ2) is 12.7. The lowest BCUT2D eigenvalue weighted by Gasteiger charge is -2.44. The molecule has 0 heterocycles. The van der Waals surface area contributed by atoms with Crippen molar-refractivity contribution in [3.63, 3.8) is 0 Å². The molecular weight excluding hydrogens is 513 g/mol. The Kier molecular flexibility index (Phi) is 11.2. The number of thiol groups is 2. The molecule has 33 heavy (non-hydrogen) atoms. The highest BCUT2D eigenvalue weighted by molar-refractivity contribution is 7.80. The van der Waals surface area contributed by atoms with E-state index in [1.165, 1.54) is 0 Å². The van der Waals surface area contributed by atoms with Crippen LogP contribution >= 0.6 is 25.3 Å². The van der Waals surface area contributed by atoms with E-state index in [0.29, 0.717) is 0 Å². The van der Waals surface area contributed by atoms with Crippen molar-refractivity contribution < 1.29 is 12.3 Å². The fourth-order valence-corrected chi connectivity index (χ4v) is 23.8. The molecule has 2 aromatic rings. The van der Waals surface area contributed by atoms with Crippen LogP contribution in [0, 0.1) is 0 Å². The minimum absolute atomic E-state index is 0.875. The van der Waals surface area contributed by atoms with Crippen molar-refractivity contribution in [1.82, 2.24) is 0 Å². The van der Waals surface area contributed by atoms with Gasteiger partial charge in [0.2, 0.25) is 0 Å². The van der Waals surface area contributed by atoms with Crippen molar-refractivity contribution in [3.8, 4) is 0 Å². The molecule has 0 aliphatic carbocycles. The highest BCUT2D eigenvalue weighted by Gasteiger charge is 2.52. The van der Waals surface area contributed by atoms with Crippen molar-refractivity contribution in [2.45, 2.75) is 64.2 Å². The first-order chi connectivity index (χ1) is 15.5. The molecular formula is C24H42O3S2Si4. The lowest BCUT2D eigenvalue weighted by molar-refractivity contribution is 0.339. The molecule has 0 fully saturated rings. The van der Waals surface area contributed by atoms with Gasteiger partial charge in [0.15, 0.2) is 16.6 Å².